The molecule has 1 aliphatic rings. The molecule has 0 spiro atoms. The molecule has 1 fully saturated rings. The van der Waals surface area contributed by atoms with E-state index in [0.717, 1.165) is 16.4 Å². The Balaban J connectivity index is 2.12. The predicted octanol–water partition coefficient (Wildman–Crippen LogP) is 0.0469. The van der Waals surface area contributed by atoms with Crippen molar-refractivity contribution in [2.75, 3.05) is 20.1 Å². The summed E-state index contributed by atoms with van der Waals surface area (Å²) < 4.78 is 44.1. The molecule has 1 heterocycles. The first kappa shape index (κ1) is 15.7. The minimum atomic E-state index is -4.01. The monoisotopic (exact) mass is 318 g/mol. The van der Waals surface area contributed by atoms with E-state index in [-0.39, 0.29) is 19.7 Å². The van der Waals surface area contributed by atoms with Crippen LogP contribution in [0.1, 0.15) is 5.56 Å². The van der Waals surface area contributed by atoms with Crippen molar-refractivity contribution in [1.29, 1.82) is 0 Å². The van der Waals surface area contributed by atoms with Crippen LogP contribution in [0.15, 0.2) is 23.1 Å². The molecule has 1 saturated heterocycles. The van der Waals surface area contributed by atoms with Gasteiger partial charge in [-0.25, -0.2) is 17.6 Å². The minimum absolute atomic E-state index is 0.0292. The molecule has 0 atom stereocenters. The summed E-state index contributed by atoms with van der Waals surface area (Å²) in [5.74, 6) is -0.886. The number of ether oxygens (including phenoxy) is 1. The van der Waals surface area contributed by atoms with E-state index in [1.165, 1.54) is 13.1 Å². The summed E-state index contributed by atoms with van der Waals surface area (Å²) in [5, 5.41) is 11.3. The van der Waals surface area contributed by atoms with E-state index in [4.69, 9.17) is 9.84 Å². The maximum Gasteiger partial charge on any atom is 0.407 e. The largest absolute Gasteiger partial charge is 0.443 e. The number of nitrogens with one attached hydrogen (secondary N) is 1. The van der Waals surface area contributed by atoms with Crippen molar-refractivity contribution in [3.05, 3.63) is 29.6 Å². The molecule has 0 radical (unpaired) electrons. The molecular weight excluding hydrogens is 303 g/mol. The van der Waals surface area contributed by atoms with Gasteiger partial charge >= 0.3 is 6.09 Å². The molecule has 7 nitrogen and oxygen atoms in total. The van der Waals surface area contributed by atoms with Gasteiger partial charge in [-0.05, 0) is 17.7 Å². The Hall–Kier alpha value is -1.71. The molecule has 1 aromatic carbocycles. The smallest absolute Gasteiger partial charge is 0.407 e. The van der Waals surface area contributed by atoms with Crippen LogP contribution in [0, 0.1) is 5.82 Å². The van der Waals surface area contributed by atoms with Gasteiger partial charge in [0, 0.05) is 7.05 Å². The van der Waals surface area contributed by atoms with Crippen LogP contribution >= 0.6 is 0 Å². The average Bonchev–Trinajstić information content (AvgIpc) is 2.42. The third kappa shape index (κ3) is 3.14. The first-order chi connectivity index (χ1) is 9.88. The van der Waals surface area contributed by atoms with E-state index in [9.17, 15) is 17.6 Å². The van der Waals surface area contributed by atoms with E-state index in [0.29, 0.717) is 5.56 Å². The van der Waals surface area contributed by atoms with Gasteiger partial charge in [0.25, 0.3) is 0 Å². The van der Waals surface area contributed by atoms with Gasteiger partial charge in [0.2, 0.25) is 10.0 Å². The maximum absolute atomic E-state index is 13.7. The van der Waals surface area contributed by atoms with Gasteiger partial charge in [0.1, 0.15) is 16.8 Å². The third-order valence-corrected chi connectivity index (χ3v) is 4.94. The van der Waals surface area contributed by atoms with E-state index in [1.807, 2.05) is 0 Å². The molecular formula is C12H15FN2O5S. The van der Waals surface area contributed by atoms with Crippen LogP contribution in [-0.2, 0) is 21.4 Å². The zero-order valence-electron chi connectivity index (χ0n) is 11.2. The summed E-state index contributed by atoms with van der Waals surface area (Å²) in [4.78, 5) is 10.5. The zero-order chi connectivity index (χ0) is 15.6. The second-order valence-electron chi connectivity index (χ2n) is 4.52. The summed E-state index contributed by atoms with van der Waals surface area (Å²) >= 11 is 0. The number of rotatable bonds is 4. The number of carbonyl (C=O) groups excluding carboxylic acids is 1. The Morgan fingerprint density at radius 2 is 2.19 bits per heavy atom. The first-order valence-corrected chi connectivity index (χ1v) is 7.60. The van der Waals surface area contributed by atoms with Crippen LogP contribution < -0.4 is 5.32 Å². The highest BCUT2D eigenvalue weighted by molar-refractivity contribution is 7.89. The van der Waals surface area contributed by atoms with Crippen LogP contribution in [0.3, 0.4) is 0 Å². The van der Waals surface area contributed by atoms with Crippen molar-refractivity contribution in [3.63, 3.8) is 0 Å². The highest BCUT2D eigenvalue weighted by Crippen LogP contribution is 2.26. The summed E-state index contributed by atoms with van der Waals surface area (Å²) in [5.41, 5.74) is 0.300. The van der Waals surface area contributed by atoms with Crippen molar-refractivity contribution in [3.8, 4) is 0 Å². The van der Waals surface area contributed by atoms with Gasteiger partial charge in [-0.3, -0.25) is 0 Å². The normalized spacial score (nSPS) is 16.3. The lowest BCUT2D eigenvalue weighted by atomic mass is 10.2. The van der Waals surface area contributed by atoms with Crippen LogP contribution in [0.4, 0.5) is 9.18 Å². The number of sulfonamides is 1. The number of carbonyl (C=O) groups is 1. The second kappa shape index (κ2) is 5.96. The molecule has 1 aromatic rings. The number of hydrogen-bond acceptors (Lipinski definition) is 5. The van der Waals surface area contributed by atoms with Crippen molar-refractivity contribution >= 4 is 16.1 Å². The van der Waals surface area contributed by atoms with Gasteiger partial charge in [0.15, 0.2) is 0 Å². The van der Waals surface area contributed by atoms with Gasteiger partial charge in [-0.15, -0.1) is 0 Å². The molecule has 0 saturated carbocycles. The van der Waals surface area contributed by atoms with Crippen LogP contribution in [0.25, 0.3) is 0 Å². The molecule has 0 aliphatic carbocycles. The lowest BCUT2D eigenvalue weighted by Gasteiger charge is -2.37. The molecule has 2 rings (SSSR count). The maximum atomic E-state index is 13.7. The molecule has 2 N–H and O–H groups in total. The van der Waals surface area contributed by atoms with E-state index in [2.05, 4.69) is 5.32 Å². The van der Waals surface area contributed by atoms with Crippen LogP contribution in [0.5, 0.6) is 0 Å². The van der Waals surface area contributed by atoms with Crippen molar-refractivity contribution in [2.24, 2.45) is 0 Å². The highest BCUT2D eigenvalue weighted by atomic mass is 32.2. The molecule has 0 unspecified atom stereocenters. The van der Waals surface area contributed by atoms with Crippen molar-refractivity contribution in [1.82, 2.24) is 9.62 Å². The standard InChI is InChI=1S/C12H15FN2O5S/c1-14-12(17)20-9-5-15(6-9)21(18,19)11-4-8(7-16)2-3-10(11)13/h2-4,9,16H,5-7H2,1H3,(H,14,17). The summed E-state index contributed by atoms with van der Waals surface area (Å²) in [6.45, 7) is -0.442. The zero-order valence-corrected chi connectivity index (χ0v) is 12.1. The summed E-state index contributed by atoms with van der Waals surface area (Å²) in [6.07, 6.45) is -1.20. The quantitative estimate of drug-likeness (QED) is 0.817. The average molecular weight is 318 g/mol. The molecule has 1 aliphatic heterocycles. The van der Waals surface area contributed by atoms with Gasteiger partial charge in [-0.2, -0.15) is 4.31 Å². The number of hydrogen-bond donors (Lipinski definition) is 2. The van der Waals surface area contributed by atoms with E-state index >= 15 is 0 Å². The number of nitrogens with zero attached hydrogens (tertiary/aromatic N) is 1. The molecule has 1 amide bonds. The second-order valence-corrected chi connectivity index (χ2v) is 6.43. The molecule has 9 heteroatoms. The Morgan fingerprint density at radius 1 is 1.52 bits per heavy atom. The van der Waals surface area contributed by atoms with Crippen LogP contribution in [0.2, 0.25) is 0 Å². The Kier molecular flexibility index (Phi) is 4.45. The molecule has 116 valence electrons. The molecule has 0 aromatic heterocycles. The molecule has 0 bridgehead atoms. The Labute approximate surface area is 121 Å². The van der Waals surface area contributed by atoms with Gasteiger partial charge < -0.3 is 15.2 Å². The minimum Gasteiger partial charge on any atom is -0.443 e. The lowest BCUT2D eigenvalue weighted by molar-refractivity contribution is 0.0278. The highest BCUT2D eigenvalue weighted by Gasteiger charge is 2.40. The number of amides is 1. The fourth-order valence-electron chi connectivity index (χ4n) is 1.86. The Morgan fingerprint density at radius 3 is 2.76 bits per heavy atom. The van der Waals surface area contributed by atoms with E-state index < -0.39 is 32.9 Å². The number of aliphatic hydroxyl groups excluding tert-OH is 1. The van der Waals surface area contributed by atoms with E-state index in [1.54, 1.807) is 0 Å². The number of aliphatic hydroxyl groups is 1. The van der Waals surface area contributed by atoms with Gasteiger partial charge in [-0.1, -0.05) is 6.07 Å². The van der Waals surface area contributed by atoms with Gasteiger partial charge in [0.05, 0.1) is 19.7 Å². The SMILES string of the molecule is CNC(=O)OC1CN(S(=O)(=O)c2cc(CO)ccc2F)C1. The summed E-state index contributed by atoms with van der Waals surface area (Å²) in [7, 11) is -2.61. The fraction of sp³-hybridized carbons (Fsp3) is 0.417. The van der Waals surface area contributed by atoms with Crippen molar-refractivity contribution in [2.45, 2.75) is 17.6 Å². The topological polar surface area (TPSA) is 95.9 Å². The number of halogens is 1. The fourth-order valence-corrected chi connectivity index (χ4v) is 3.48. The Bertz CT molecular complexity index is 643. The van der Waals surface area contributed by atoms with Crippen LogP contribution in [-0.4, -0.2) is 50.2 Å². The molecule has 21 heavy (non-hydrogen) atoms. The predicted molar refractivity (Wildman–Crippen MR) is 70.4 cm³/mol. The summed E-state index contributed by atoms with van der Waals surface area (Å²) in [6, 6.07) is 3.40. The van der Waals surface area contributed by atoms with Crippen molar-refractivity contribution < 1.29 is 27.4 Å². The number of alkyl carbamates (subject to hydrolysis) is 1. The lowest BCUT2D eigenvalue weighted by Crippen LogP contribution is -2.55. The number of benzene rings is 1. The first-order valence-electron chi connectivity index (χ1n) is 6.16. The third-order valence-electron chi connectivity index (χ3n) is 3.09.